The van der Waals surface area contributed by atoms with Gasteiger partial charge in [0.15, 0.2) is 0 Å². The van der Waals surface area contributed by atoms with Crippen molar-refractivity contribution in [2.45, 2.75) is 45.5 Å². The van der Waals surface area contributed by atoms with Gasteiger partial charge in [-0.25, -0.2) is 0 Å². The molecule has 1 aliphatic rings. The van der Waals surface area contributed by atoms with Crippen molar-refractivity contribution in [2.75, 3.05) is 0 Å². The van der Waals surface area contributed by atoms with Crippen molar-refractivity contribution in [1.29, 1.82) is 0 Å². The van der Waals surface area contributed by atoms with Gasteiger partial charge in [0.2, 0.25) is 0 Å². The number of benzene rings is 1. The topological polar surface area (TPSA) is 56.5 Å². The first-order valence-corrected chi connectivity index (χ1v) is 7.17. The Hall–Kier alpha value is -1.37. The summed E-state index contributed by atoms with van der Waals surface area (Å²) in [6.07, 6.45) is 0. The molecule has 6 heteroatoms. The summed E-state index contributed by atoms with van der Waals surface area (Å²) in [4.78, 5) is 0. The molecule has 21 heavy (non-hydrogen) atoms. The summed E-state index contributed by atoms with van der Waals surface area (Å²) in [7, 11) is 1.47. The van der Waals surface area contributed by atoms with Gasteiger partial charge in [-0.2, -0.15) is 5.10 Å². The van der Waals surface area contributed by atoms with Gasteiger partial charge in [-0.15, -0.1) is 0 Å². The molecule has 0 atom stereocenters. The van der Waals surface area contributed by atoms with Crippen molar-refractivity contribution in [3.05, 3.63) is 23.9 Å². The Morgan fingerprint density at radius 2 is 1.81 bits per heavy atom. The average Bonchev–Trinajstić information content (AvgIpc) is 2.84. The molecular weight excluding hydrogens is 267 g/mol. The molecule has 3 rings (SSSR count). The third-order valence-corrected chi connectivity index (χ3v) is 4.63. The second-order valence-electron chi connectivity index (χ2n) is 6.59. The van der Waals surface area contributed by atoms with Crippen LogP contribution in [0.15, 0.2) is 18.2 Å². The Bertz CT molecular complexity index is 678. The van der Waals surface area contributed by atoms with E-state index in [1.165, 1.54) is 0 Å². The lowest BCUT2D eigenvalue weighted by atomic mass is 9.78. The monoisotopic (exact) mass is 288 g/mol. The third kappa shape index (κ3) is 2.18. The first kappa shape index (κ1) is 14.6. The van der Waals surface area contributed by atoms with Crippen LogP contribution in [-0.2, 0) is 23.0 Å². The summed E-state index contributed by atoms with van der Waals surface area (Å²) >= 11 is 0. The highest BCUT2D eigenvalue weighted by Crippen LogP contribution is 2.36. The highest BCUT2D eigenvalue weighted by Gasteiger charge is 2.51. The zero-order chi connectivity index (χ0) is 15.4. The fraction of sp³-hybridized carbons (Fsp3) is 0.533. The van der Waals surface area contributed by atoms with E-state index in [9.17, 15) is 5.11 Å². The number of aromatic nitrogens is 2. The van der Waals surface area contributed by atoms with Crippen LogP contribution in [0, 0.1) is 0 Å². The maximum absolute atomic E-state index is 9.43. The molecule has 1 N–H and O–H groups in total. The van der Waals surface area contributed by atoms with Gasteiger partial charge >= 0.3 is 7.12 Å². The number of aliphatic hydroxyl groups excluding tert-OH is 1. The lowest BCUT2D eigenvalue weighted by Crippen LogP contribution is -2.41. The fourth-order valence-electron chi connectivity index (χ4n) is 2.60. The highest BCUT2D eigenvalue weighted by molar-refractivity contribution is 6.62. The standard InChI is InChI=1S/C15H21BN2O3/c1-14(2)15(3,4)21-16(20-14)10-6-7-13-11(8-10)12(9-19)17-18(13)5/h6-8,19H,9H2,1-5H3. The molecule has 1 aromatic heterocycles. The normalized spacial score (nSPS) is 20.4. The number of hydrogen-bond donors (Lipinski definition) is 1. The van der Waals surface area contributed by atoms with Crippen LogP contribution in [0.25, 0.3) is 10.9 Å². The van der Waals surface area contributed by atoms with Crippen molar-refractivity contribution in [3.63, 3.8) is 0 Å². The Morgan fingerprint density at radius 3 is 2.38 bits per heavy atom. The van der Waals surface area contributed by atoms with E-state index >= 15 is 0 Å². The smallest absolute Gasteiger partial charge is 0.399 e. The van der Waals surface area contributed by atoms with Crippen LogP contribution >= 0.6 is 0 Å². The highest BCUT2D eigenvalue weighted by atomic mass is 16.7. The minimum atomic E-state index is -0.397. The number of nitrogens with zero attached hydrogens (tertiary/aromatic N) is 2. The maximum atomic E-state index is 9.43. The Balaban J connectivity index is 2.03. The molecule has 1 aliphatic heterocycles. The van der Waals surface area contributed by atoms with E-state index in [2.05, 4.69) is 5.10 Å². The van der Waals surface area contributed by atoms with Crippen LogP contribution in [0.4, 0.5) is 0 Å². The predicted molar refractivity (Wildman–Crippen MR) is 82.4 cm³/mol. The molecule has 1 fully saturated rings. The number of fused-ring (bicyclic) bond motifs is 1. The molecule has 0 saturated carbocycles. The molecule has 0 amide bonds. The van der Waals surface area contributed by atoms with Gasteiger partial charge in [-0.1, -0.05) is 12.1 Å². The first-order chi connectivity index (χ1) is 9.75. The largest absolute Gasteiger partial charge is 0.494 e. The number of rotatable bonds is 2. The average molecular weight is 288 g/mol. The summed E-state index contributed by atoms with van der Waals surface area (Å²) in [5.41, 5.74) is 1.89. The van der Waals surface area contributed by atoms with E-state index in [-0.39, 0.29) is 17.8 Å². The molecule has 112 valence electrons. The minimum Gasteiger partial charge on any atom is -0.399 e. The van der Waals surface area contributed by atoms with Crippen molar-refractivity contribution in [3.8, 4) is 0 Å². The van der Waals surface area contributed by atoms with Crippen molar-refractivity contribution in [2.24, 2.45) is 7.05 Å². The summed E-state index contributed by atoms with van der Waals surface area (Å²) in [6, 6.07) is 5.98. The Morgan fingerprint density at radius 1 is 1.19 bits per heavy atom. The zero-order valence-electron chi connectivity index (χ0n) is 13.2. The molecule has 0 spiro atoms. The van der Waals surface area contributed by atoms with E-state index in [0.717, 1.165) is 16.4 Å². The molecule has 0 bridgehead atoms. The lowest BCUT2D eigenvalue weighted by molar-refractivity contribution is 0.00578. The van der Waals surface area contributed by atoms with Crippen molar-refractivity contribution >= 4 is 23.5 Å². The van der Waals surface area contributed by atoms with Crippen LogP contribution in [0.1, 0.15) is 33.4 Å². The second-order valence-corrected chi connectivity index (χ2v) is 6.59. The molecule has 2 aromatic rings. The van der Waals surface area contributed by atoms with Crippen LogP contribution in [0.2, 0.25) is 0 Å². The second kappa shape index (κ2) is 4.56. The number of aryl methyl sites for hydroxylation is 1. The minimum absolute atomic E-state index is 0.0792. The number of hydrogen-bond acceptors (Lipinski definition) is 4. The summed E-state index contributed by atoms with van der Waals surface area (Å²) in [5, 5.41) is 14.7. The van der Waals surface area contributed by atoms with Gasteiger partial charge in [0.05, 0.1) is 29.0 Å². The molecule has 0 radical (unpaired) electrons. The first-order valence-electron chi connectivity index (χ1n) is 7.17. The quantitative estimate of drug-likeness (QED) is 0.848. The van der Waals surface area contributed by atoms with Gasteiger partial charge in [-0.05, 0) is 39.2 Å². The van der Waals surface area contributed by atoms with Gasteiger partial charge in [0, 0.05) is 12.4 Å². The molecule has 1 aromatic carbocycles. The van der Waals surface area contributed by atoms with Gasteiger partial charge in [-0.3, -0.25) is 4.68 Å². The molecule has 2 heterocycles. The van der Waals surface area contributed by atoms with Gasteiger partial charge in [0.25, 0.3) is 0 Å². The fourth-order valence-corrected chi connectivity index (χ4v) is 2.60. The summed E-state index contributed by atoms with van der Waals surface area (Å²) < 4.78 is 13.9. The molecule has 1 saturated heterocycles. The number of aliphatic hydroxyl groups is 1. The van der Waals surface area contributed by atoms with Gasteiger partial charge < -0.3 is 14.4 Å². The van der Waals surface area contributed by atoms with Crippen LogP contribution in [0.3, 0.4) is 0 Å². The van der Waals surface area contributed by atoms with E-state index < -0.39 is 7.12 Å². The van der Waals surface area contributed by atoms with Crippen LogP contribution in [-0.4, -0.2) is 33.2 Å². The van der Waals surface area contributed by atoms with E-state index in [4.69, 9.17) is 9.31 Å². The molecular formula is C15H21BN2O3. The van der Waals surface area contributed by atoms with Crippen LogP contribution < -0.4 is 5.46 Å². The molecule has 0 unspecified atom stereocenters. The molecule has 0 aliphatic carbocycles. The molecule has 5 nitrogen and oxygen atoms in total. The summed E-state index contributed by atoms with van der Waals surface area (Å²) in [5.74, 6) is 0. The third-order valence-electron chi connectivity index (χ3n) is 4.63. The maximum Gasteiger partial charge on any atom is 0.494 e. The predicted octanol–water partition coefficient (Wildman–Crippen LogP) is 1.36. The van der Waals surface area contributed by atoms with E-state index in [0.29, 0.717) is 5.69 Å². The lowest BCUT2D eigenvalue weighted by Gasteiger charge is -2.32. The van der Waals surface area contributed by atoms with E-state index in [1.807, 2.05) is 52.9 Å². The Kier molecular flexibility index (Phi) is 3.17. The summed E-state index contributed by atoms with van der Waals surface area (Å²) in [6.45, 7) is 8.07. The van der Waals surface area contributed by atoms with Crippen molar-refractivity contribution < 1.29 is 14.4 Å². The van der Waals surface area contributed by atoms with Crippen LogP contribution in [0.5, 0.6) is 0 Å². The van der Waals surface area contributed by atoms with E-state index in [1.54, 1.807) is 4.68 Å². The van der Waals surface area contributed by atoms with Crippen molar-refractivity contribution in [1.82, 2.24) is 9.78 Å². The SMILES string of the molecule is Cn1nc(CO)c2cc(B3OC(C)(C)C(C)(C)O3)ccc21. The Labute approximate surface area is 125 Å². The zero-order valence-corrected chi connectivity index (χ0v) is 13.2. The van der Waals surface area contributed by atoms with Gasteiger partial charge in [0.1, 0.15) is 0 Å².